The van der Waals surface area contributed by atoms with Crippen LogP contribution in [-0.2, 0) is 11.3 Å². The van der Waals surface area contributed by atoms with Crippen LogP contribution < -0.4 is 10.5 Å². The maximum atomic E-state index is 12.2. The van der Waals surface area contributed by atoms with Gasteiger partial charge in [-0.05, 0) is 36.9 Å². The van der Waals surface area contributed by atoms with Crippen LogP contribution in [0.1, 0.15) is 12.5 Å². The van der Waals surface area contributed by atoms with E-state index < -0.39 is 6.36 Å². The molecule has 0 saturated heterocycles. The van der Waals surface area contributed by atoms with Gasteiger partial charge in [0.2, 0.25) is 0 Å². The summed E-state index contributed by atoms with van der Waals surface area (Å²) >= 11 is 1.34. The quantitative estimate of drug-likeness (QED) is 0.819. The first kappa shape index (κ1) is 16.1. The molecule has 0 fully saturated rings. The molecule has 19 heavy (non-hydrogen) atoms. The number of hydrogen-bond acceptors (Lipinski definition) is 4. The molecular weight excluding hydrogens is 279 g/mol. The van der Waals surface area contributed by atoms with Crippen LogP contribution in [0.4, 0.5) is 13.2 Å². The van der Waals surface area contributed by atoms with E-state index in [0.717, 1.165) is 0 Å². The van der Waals surface area contributed by atoms with Crippen LogP contribution in [0.15, 0.2) is 23.1 Å². The van der Waals surface area contributed by atoms with Crippen molar-refractivity contribution >= 4 is 11.8 Å². The molecule has 0 heterocycles. The molecule has 0 radical (unpaired) electrons. The lowest BCUT2D eigenvalue weighted by Gasteiger charge is -2.14. The minimum absolute atomic E-state index is 0.148. The zero-order valence-electron chi connectivity index (χ0n) is 10.7. The molecule has 0 saturated carbocycles. The summed E-state index contributed by atoms with van der Waals surface area (Å²) in [5.74, 6) is -0.238. The normalized spacial score (nSPS) is 13.4. The summed E-state index contributed by atoms with van der Waals surface area (Å²) in [6, 6.07) is 4.42. The van der Waals surface area contributed by atoms with Gasteiger partial charge in [0.25, 0.3) is 0 Å². The molecule has 7 heteroatoms. The number of thioether (sulfide) groups is 1. The Kier molecular flexibility index (Phi) is 5.96. The van der Waals surface area contributed by atoms with Crippen LogP contribution in [0.2, 0.25) is 0 Å². The first-order valence-corrected chi connectivity index (χ1v) is 6.82. The second-order valence-corrected chi connectivity index (χ2v) is 4.80. The lowest BCUT2D eigenvalue weighted by atomic mass is 10.2. The zero-order valence-corrected chi connectivity index (χ0v) is 11.5. The molecule has 1 rings (SSSR count). The van der Waals surface area contributed by atoms with Crippen molar-refractivity contribution < 1.29 is 22.6 Å². The third kappa shape index (κ3) is 6.17. The van der Waals surface area contributed by atoms with E-state index in [2.05, 4.69) is 4.74 Å². The van der Waals surface area contributed by atoms with Crippen LogP contribution in [-0.4, -0.2) is 25.3 Å². The van der Waals surface area contributed by atoms with Gasteiger partial charge in [-0.2, -0.15) is 0 Å². The van der Waals surface area contributed by atoms with Gasteiger partial charge >= 0.3 is 6.36 Å². The molecule has 3 nitrogen and oxygen atoms in total. The third-order valence-electron chi connectivity index (χ3n) is 2.28. The molecule has 1 aromatic carbocycles. The van der Waals surface area contributed by atoms with Crippen LogP contribution in [0.3, 0.4) is 0 Å². The molecule has 0 aliphatic heterocycles. The smallest absolute Gasteiger partial charge is 0.406 e. The molecule has 2 N–H and O–H groups in total. The average Bonchev–Trinajstić information content (AvgIpc) is 2.33. The molecule has 108 valence electrons. The fraction of sp³-hybridized carbons (Fsp3) is 0.500. The summed E-state index contributed by atoms with van der Waals surface area (Å²) in [7, 11) is 0. The van der Waals surface area contributed by atoms with Gasteiger partial charge in [-0.3, -0.25) is 0 Å². The van der Waals surface area contributed by atoms with Crippen molar-refractivity contribution in [3.8, 4) is 5.75 Å². The van der Waals surface area contributed by atoms with Crippen molar-refractivity contribution in [2.45, 2.75) is 30.9 Å². The first-order valence-electron chi connectivity index (χ1n) is 5.59. The van der Waals surface area contributed by atoms with Gasteiger partial charge in [0.15, 0.2) is 0 Å². The Morgan fingerprint density at radius 2 is 2.00 bits per heavy atom. The van der Waals surface area contributed by atoms with E-state index in [-0.39, 0.29) is 18.5 Å². The highest BCUT2D eigenvalue weighted by Crippen LogP contribution is 2.28. The van der Waals surface area contributed by atoms with Gasteiger partial charge in [0.05, 0.1) is 12.7 Å². The number of hydrogen-bond donors (Lipinski definition) is 1. The fourth-order valence-electron chi connectivity index (χ4n) is 1.33. The van der Waals surface area contributed by atoms with Crippen molar-refractivity contribution in [3.63, 3.8) is 0 Å². The summed E-state index contributed by atoms with van der Waals surface area (Å²) in [5.41, 5.74) is 6.02. The zero-order chi connectivity index (χ0) is 14.5. The molecular formula is C12H16F3NO2S. The summed E-state index contributed by atoms with van der Waals surface area (Å²) in [4.78, 5) is 0.681. The first-order chi connectivity index (χ1) is 8.84. The van der Waals surface area contributed by atoms with Gasteiger partial charge < -0.3 is 15.2 Å². The maximum absolute atomic E-state index is 12.2. The Balaban J connectivity index is 2.83. The lowest BCUT2D eigenvalue weighted by Crippen LogP contribution is -2.20. The predicted octanol–water partition coefficient (Wildman–Crippen LogP) is 3.17. The van der Waals surface area contributed by atoms with Crippen LogP contribution >= 0.6 is 11.8 Å². The maximum Gasteiger partial charge on any atom is 0.573 e. The van der Waals surface area contributed by atoms with E-state index in [4.69, 9.17) is 10.5 Å². The van der Waals surface area contributed by atoms with Gasteiger partial charge in [-0.1, -0.05) is 0 Å². The fourth-order valence-corrected chi connectivity index (χ4v) is 1.83. The van der Waals surface area contributed by atoms with E-state index in [0.29, 0.717) is 17.0 Å². The van der Waals surface area contributed by atoms with Gasteiger partial charge in [-0.15, -0.1) is 24.9 Å². The van der Waals surface area contributed by atoms with E-state index in [1.807, 2.05) is 0 Å². The van der Waals surface area contributed by atoms with Gasteiger partial charge in [0.1, 0.15) is 5.75 Å². The second kappa shape index (κ2) is 7.02. The molecule has 0 aromatic heterocycles. The number of halogens is 3. The molecule has 1 atom stereocenters. The third-order valence-corrected chi connectivity index (χ3v) is 2.98. The minimum Gasteiger partial charge on any atom is -0.406 e. The summed E-state index contributed by atoms with van der Waals surface area (Å²) < 4.78 is 45.9. The Morgan fingerprint density at radius 3 is 2.53 bits per heavy atom. The van der Waals surface area contributed by atoms with E-state index in [1.165, 1.54) is 23.9 Å². The highest BCUT2D eigenvalue weighted by atomic mass is 32.2. The molecule has 0 aliphatic rings. The number of rotatable bonds is 6. The van der Waals surface area contributed by atoms with Gasteiger partial charge in [-0.25, -0.2) is 0 Å². The molecule has 0 amide bonds. The van der Waals surface area contributed by atoms with E-state index in [1.54, 1.807) is 19.2 Å². The Bertz CT molecular complexity index is 412. The Morgan fingerprint density at radius 1 is 1.32 bits per heavy atom. The summed E-state index contributed by atoms with van der Waals surface area (Å²) in [5, 5.41) is 0. The van der Waals surface area contributed by atoms with Crippen molar-refractivity contribution in [3.05, 3.63) is 23.8 Å². The molecule has 1 aromatic rings. The Hall–Kier alpha value is -0.920. The number of benzene rings is 1. The minimum atomic E-state index is -4.69. The average molecular weight is 295 g/mol. The van der Waals surface area contributed by atoms with E-state index in [9.17, 15) is 13.2 Å². The number of nitrogens with two attached hydrogens (primary N) is 1. The van der Waals surface area contributed by atoms with Crippen molar-refractivity contribution in [1.82, 2.24) is 0 Å². The molecule has 0 spiro atoms. The van der Waals surface area contributed by atoms with Crippen LogP contribution in [0.25, 0.3) is 0 Å². The SMILES string of the molecule is CSc1cc(COC(C)CN)cc(OC(F)(F)F)c1. The van der Waals surface area contributed by atoms with E-state index >= 15 is 0 Å². The van der Waals surface area contributed by atoms with Crippen LogP contribution in [0.5, 0.6) is 5.75 Å². The number of ether oxygens (including phenoxy) is 2. The summed E-state index contributed by atoms with van der Waals surface area (Å²) in [6.07, 6.45) is -3.07. The van der Waals surface area contributed by atoms with Crippen LogP contribution in [0, 0.1) is 0 Å². The standard InChI is InChI=1S/C12H16F3NO2S/c1-8(6-16)17-7-9-3-10(18-12(13,14)15)5-11(4-9)19-2/h3-5,8H,6-7,16H2,1-2H3. The second-order valence-electron chi connectivity index (χ2n) is 3.92. The van der Waals surface area contributed by atoms with Crippen molar-refractivity contribution in [2.75, 3.05) is 12.8 Å². The molecule has 1 unspecified atom stereocenters. The predicted molar refractivity (Wildman–Crippen MR) is 68.2 cm³/mol. The van der Waals surface area contributed by atoms with Gasteiger partial charge in [0, 0.05) is 11.4 Å². The molecule has 0 bridgehead atoms. The highest BCUT2D eigenvalue weighted by Gasteiger charge is 2.31. The topological polar surface area (TPSA) is 44.5 Å². The monoisotopic (exact) mass is 295 g/mol. The number of alkyl halides is 3. The molecule has 0 aliphatic carbocycles. The largest absolute Gasteiger partial charge is 0.573 e. The lowest BCUT2D eigenvalue weighted by molar-refractivity contribution is -0.274. The highest BCUT2D eigenvalue weighted by molar-refractivity contribution is 7.98. The van der Waals surface area contributed by atoms with Crippen molar-refractivity contribution in [2.24, 2.45) is 5.73 Å². The van der Waals surface area contributed by atoms with Crippen molar-refractivity contribution in [1.29, 1.82) is 0 Å². The summed E-state index contributed by atoms with van der Waals surface area (Å²) in [6.45, 7) is 2.35. The Labute approximate surface area is 114 Å².